The number of carboxylic acid groups (broad SMARTS) is 1. The van der Waals surface area contributed by atoms with Crippen LogP contribution in [0.3, 0.4) is 0 Å². The second-order valence-electron chi connectivity index (χ2n) is 4.94. The Bertz CT molecular complexity index is 309. The lowest BCUT2D eigenvalue weighted by Gasteiger charge is -2.21. The van der Waals surface area contributed by atoms with Crippen LogP contribution in [0.15, 0.2) is 0 Å². The van der Waals surface area contributed by atoms with Crippen molar-refractivity contribution >= 4 is 12.0 Å². The van der Waals surface area contributed by atoms with E-state index in [0.29, 0.717) is 26.3 Å². The van der Waals surface area contributed by atoms with Crippen LogP contribution < -0.4 is 5.32 Å². The fourth-order valence-electron chi connectivity index (χ4n) is 2.41. The number of likely N-dealkylation sites (N-methyl/N-ethyl adjacent to an activating group) is 1. The predicted octanol–water partition coefficient (Wildman–Crippen LogP) is 1.17. The van der Waals surface area contributed by atoms with Crippen molar-refractivity contribution in [1.29, 1.82) is 0 Å². The molecule has 2 unspecified atom stereocenters. The highest BCUT2D eigenvalue weighted by Gasteiger charge is 2.32. The molecule has 0 heterocycles. The average Bonchev–Trinajstić information content (AvgIpc) is 2.84. The normalized spacial score (nSPS) is 22.2. The zero-order valence-electron chi connectivity index (χ0n) is 11.7. The molecule has 1 fully saturated rings. The Morgan fingerprint density at radius 2 is 2.16 bits per heavy atom. The minimum absolute atomic E-state index is 0.0572. The molecule has 1 saturated carbocycles. The Hall–Kier alpha value is -1.30. The van der Waals surface area contributed by atoms with E-state index in [1.165, 1.54) is 0 Å². The lowest BCUT2D eigenvalue weighted by Crippen LogP contribution is -2.42. The number of urea groups is 1. The van der Waals surface area contributed by atoms with E-state index in [2.05, 4.69) is 5.32 Å². The smallest absolute Gasteiger partial charge is 0.317 e. The molecule has 1 aliphatic carbocycles. The molecule has 19 heavy (non-hydrogen) atoms. The fourth-order valence-corrected chi connectivity index (χ4v) is 2.41. The highest BCUT2D eigenvalue weighted by atomic mass is 16.5. The van der Waals surface area contributed by atoms with Gasteiger partial charge in [-0.2, -0.15) is 0 Å². The van der Waals surface area contributed by atoms with Gasteiger partial charge in [0.05, 0.1) is 12.5 Å². The summed E-state index contributed by atoms with van der Waals surface area (Å²) >= 11 is 0. The minimum Gasteiger partial charge on any atom is -0.481 e. The number of ether oxygens (including phenoxy) is 1. The number of rotatable bonds is 7. The van der Waals surface area contributed by atoms with Crippen LogP contribution in [0.2, 0.25) is 0 Å². The molecular formula is C13H24N2O4. The molecule has 0 aromatic heterocycles. The van der Waals surface area contributed by atoms with Gasteiger partial charge >= 0.3 is 12.0 Å². The number of carboxylic acids is 1. The molecule has 0 radical (unpaired) electrons. The lowest BCUT2D eigenvalue weighted by atomic mass is 9.96. The first-order chi connectivity index (χ1) is 9.06. The molecule has 6 nitrogen and oxygen atoms in total. The number of nitrogens with zero attached hydrogens (tertiary/aromatic N) is 1. The number of carbonyl (C=O) groups excluding carboxylic acids is 1. The molecule has 0 aliphatic heterocycles. The monoisotopic (exact) mass is 272 g/mol. The van der Waals surface area contributed by atoms with Crippen molar-refractivity contribution < 1.29 is 19.4 Å². The van der Waals surface area contributed by atoms with E-state index in [9.17, 15) is 9.59 Å². The highest BCUT2D eigenvalue weighted by Crippen LogP contribution is 2.31. The third-order valence-corrected chi connectivity index (χ3v) is 3.61. The van der Waals surface area contributed by atoms with E-state index in [4.69, 9.17) is 9.84 Å². The second kappa shape index (κ2) is 7.99. The Morgan fingerprint density at radius 3 is 2.79 bits per heavy atom. The summed E-state index contributed by atoms with van der Waals surface area (Å²) in [6, 6.07) is -0.171. The third-order valence-electron chi connectivity index (χ3n) is 3.61. The maximum absolute atomic E-state index is 11.8. The number of carbonyl (C=O) groups is 2. The minimum atomic E-state index is -0.749. The van der Waals surface area contributed by atoms with Crippen molar-refractivity contribution in [3.63, 3.8) is 0 Å². The van der Waals surface area contributed by atoms with Gasteiger partial charge < -0.3 is 20.1 Å². The lowest BCUT2D eigenvalue weighted by molar-refractivity contribution is -0.142. The highest BCUT2D eigenvalue weighted by molar-refractivity contribution is 5.74. The predicted molar refractivity (Wildman–Crippen MR) is 71.0 cm³/mol. The van der Waals surface area contributed by atoms with Crippen molar-refractivity contribution in [3.05, 3.63) is 0 Å². The molecule has 6 heteroatoms. The van der Waals surface area contributed by atoms with Gasteiger partial charge in [-0.25, -0.2) is 4.79 Å². The SMILES string of the molecule is CCOCCN(C)C(=O)NCC1CCCC1C(=O)O. The summed E-state index contributed by atoms with van der Waals surface area (Å²) in [4.78, 5) is 24.4. The van der Waals surface area contributed by atoms with E-state index in [-0.39, 0.29) is 17.9 Å². The summed E-state index contributed by atoms with van der Waals surface area (Å²) in [6.07, 6.45) is 2.52. The fraction of sp³-hybridized carbons (Fsp3) is 0.846. The van der Waals surface area contributed by atoms with Gasteiger partial charge in [-0.05, 0) is 25.7 Å². The molecule has 2 N–H and O–H groups in total. The van der Waals surface area contributed by atoms with Gasteiger partial charge in [0.25, 0.3) is 0 Å². The van der Waals surface area contributed by atoms with Crippen LogP contribution in [0, 0.1) is 11.8 Å². The first kappa shape index (κ1) is 15.8. The molecule has 0 spiro atoms. The zero-order valence-corrected chi connectivity index (χ0v) is 11.7. The quantitative estimate of drug-likeness (QED) is 0.682. The Balaban J connectivity index is 2.27. The molecule has 0 aromatic rings. The van der Waals surface area contributed by atoms with Crippen LogP contribution >= 0.6 is 0 Å². The number of hydrogen-bond donors (Lipinski definition) is 2. The summed E-state index contributed by atoms with van der Waals surface area (Å²) < 4.78 is 5.18. The van der Waals surface area contributed by atoms with Crippen LogP contribution in [0.4, 0.5) is 4.79 Å². The van der Waals surface area contributed by atoms with Crippen LogP contribution in [-0.4, -0.2) is 55.4 Å². The molecule has 1 rings (SSSR count). The molecule has 1 aliphatic rings. The Kier molecular flexibility index (Phi) is 6.62. The van der Waals surface area contributed by atoms with Gasteiger partial charge in [-0.15, -0.1) is 0 Å². The molecule has 2 amide bonds. The van der Waals surface area contributed by atoms with Crippen molar-refractivity contribution in [2.45, 2.75) is 26.2 Å². The molecular weight excluding hydrogens is 248 g/mol. The van der Waals surface area contributed by atoms with Crippen LogP contribution in [0.5, 0.6) is 0 Å². The van der Waals surface area contributed by atoms with Gasteiger partial charge in [0.2, 0.25) is 0 Å². The number of nitrogens with one attached hydrogen (secondary N) is 1. The van der Waals surface area contributed by atoms with Crippen molar-refractivity contribution in [2.75, 3.05) is 33.4 Å². The van der Waals surface area contributed by atoms with Gasteiger partial charge in [0.15, 0.2) is 0 Å². The van der Waals surface area contributed by atoms with E-state index in [1.54, 1.807) is 11.9 Å². The van der Waals surface area contributed by atoms with Gasteiger partial charge in [0, 0.05) is 26.7 Å². The standard InChI is InChI=1S/C13H24N2O4/c1-3-19-8-7-15(2)13(18)14-9-10-5-4-6-11(10)12(16)17/h10-11H,3-9H2,1-2H3,(H,14,18)(H,16,17). The topological polar surface area (TPSA) is 78.9 Å². The van der Waals surface area contributed by atoms with Crippen LogP contribution in [0.1, 0.15) is 26.2 Å². The first-order valence-corrected chi connectivity index (χ1v) is 6.85. The summed E-state index contributed by atoms with van der Waals surface area (Å²) in [5.74, 6) is -1.00. The summed E-state index contributed by atoms with van der Waals surface area (Å²) in [5, 5.41) is 11.9. The molecule has 0 aromatic carbocycles. The molecule has 0 bridgehead atoms. The Morgan fingerprint density at radius 1 is 1.42 bits per heavy atom. The maximum Gasteiger partial charge on any atom is 0.317 e. The average molecular weight is 272 g/mol. The summed E-state index contributed by atoms with van der Waals surface area (Å²) in [7, 11) is 1.71. The van der Waals surface area contributed by atoms with Crippen molar-refractivity contribution in [3.8, 4) is 0 Å². The van der Waals surface area contributed by atoms with E-state index < -0.39 is 5.97 Å². The molecule has 110 valence electrons. The van der Waals surface area contributed by atoms with Gasteiger partial charge in [0.1, 0.15) is 0 Å². The van der Waals surface area contributed by atoms with E-state index >= 15 is 0 Å². The molecule has 2 atom stereocenters. The number of hydrogen-bond acceptors (Lipinski definition) is 3. The van der Waals surface area contributed by atoms with E-state index in [0.717, 1.165) is 19.3 Å². The third kappa shape index (κ3) is 5.06. The van der Waals surface area contributed by atoms with Crippen LogP contribution in [-0.2, 0) is 9.53 Å². The number of aliphatic carboxylic acids is 1. The summed E-state index contributed by atoms with van der Waals surface area (Å²) in [6.45, 7) is 4.03. The first-order valence-electron chi connectivity index (χ1n) is 6.85. The van der Waals surface area contributed by atoms with Crippen molar-refractivity contribution in [2.24, 2.45) is 11.8 Å². The maximum atomic E-state index is 11.8. The second-order valence-corrected chi connectivity index (χ2v) is 4.94. The van der Waals surface area contributed by atoms with Gasteiger partial charge in [-0.3, -0.25) is 4.79 Å². The zero-order chi connectivity index (χ0) is 14.3. The van der Waals surface area contributed by atoms with Crippen molar-refractivity contribution in [1.82, 2.24) is 10.2 Å². The number of amides is 2. The molecule has 0 saturated heterocycles. The largest absolute Gasteiger partial charge is 0.481 e. The van der Waals surface area contributed by atoms with E-state index in [1.807, 2.05) is 6.92 Å². The summed E-state index contributed by atoms with van der Waals surface area (Å²) in [5.41, 5.74) is 0. The Labute approximate surface area is 114 Å². The van der Waals surface area contributed by atoms with Gasteiger partial charge in [-0.1, -0.05) is 6.42 Å². The van der Waals surface area contributed by atoms with Crippen LogP contribution in [0.25, 0.3) is 0 Å².